The number of hydrogen-bond acceptors (Lipinski definition) is 5. The van der Waals surface area contributed by atoms with Crippen LogP contribution in [0.15, 0.2) is 24.4 Å². The van der Waals surface area contributed by atoms with Gasteiger partial charge in [0.25, 0.3) is 5.82 Å². The molecule has 3 aromatic heterocycles. The van der Waals surface area contributed by atoms with Gasteiger partial charge >= 0.3 is 6.18 Å². The number of pyridine rings is 1. The number of rotatable bonds is 3. The highest BCUT2D eigenvalue weighted by atomic mass is 35.5. The minimum Gasteiger partial charge on any atom is -0.236 e. The van der Waals surface area contributed by atoms with Gasteiger partial charge in [0.1, 0.15) is 6.54 Å². The topological polar surface area (TPSA) is 74.3 Å². The number of nitrogens with zero attached hydrogens (tertiary/aromatic N) is 7. The van der Waals surface area contributed by atoms with Crippen LogP contribution in [0.4, 0.5) is 13.2 Å². The number of aromatic nitrogens is 7. The molecule has 0 saturated carbocycles. The van der Waals surface area contributed by atoms with E-state index in [2.05, 4.69) is 25.5 Å². The van der Waals surface area contributed by atoms with Crippen LogP contribution >= 0.6 is 11.6 Å². The highest BCUT2D eigenvalue weighted by molar-refractivity contribution is 6.32. The molecule has 120 valence electrons. The number of tetrazole rings is 1. The fraction of sp³-hybridized carbons (Fsp3) is 0.250. The Balaban J connectivity index is 1.87. The third-order valence-electron chi connectivity index (χ3n) is 2.89. The molecule has 0 aliphatic carbocycles. The monoisotopic (exact) mass is 343 g/mol. The first-order valence-electron chi connectivity index (χ1n) is 6.36. The van der Waals surface area contributed by atoms with Gasteiger partial charge in [-0.1, -0.05) is 11.6 Å². The molecule has 0 unspecified atom stereocenters. The average Bonchev–Trinajstić information content (AvgIpc) is 3.06. The Morgan fingerprint density at radius 3 is 2.70 bits per heavy atom. The summed E-state index contributed by atoms with van der Waals surface area (Å²) in [6.07, 6.45) is -3.06. The van der Waals surface area contributed by atoms with E-state index < -0.39 is 12.0 Å². The molecule has 0 amide bonds. The van der Waals surface area contributed by atoms with Crippen LogP contribution in [-0.2, 0) is 12.7 Å². The van der Waals surface area contributed by atoms with Crippen LogP contribution in [-0.4, -0.2) is 35.0 Å². The number of aryl methyl sites for hydroxylation is 1. The molecule has 0 radical (unpaired) electrons. The molecule has 7 nitrogen and oxygen atoms in total. The van der Waals surface area contributed by atoms with Crippen molar-refractivity contribution in [3.8, 4) is 5.82 Å². The zero-order valence-corrected chi connectivity index (χ0v) is 12.4. The largest absolute Gasteiger partial charge is 0.455 e. The Morgan fingerprint density at radius 1 is 1.26 bits per heavy atom. The Morgan fingerprint density at radius 2 is 2.04 bits per heavy atom. The van der Waals surface area contributed by atoms with Crippen molar-refractivity contribution in [2.24, 2.45) is 0 Å². The Hall–Kier alpha value is -2.49. The maximum atomic E-state index is 12.5. The highest BCUT2D eigenvalue weighted by Crippen LogP contribution is 2.25. The Bertz CT molecular complexity index is 839. The summed E-state index contributed by atoms with van der Waals surface area (Å²) in [4.78, 5) is 4.96. The summed E-state index contributed by atoms with van der Waals surface area (Å²) in [6.45, 7) is 1.72. The van der Waals surface area contributed by atoms with E-state index in [-0.39, 0.29) is 6.54 Å². The smallest absolute Gasteiger partial charge is 0.236 e. The lowest BCUT2D eigenvalue weighted by molar-refractivity contribution is -0.145. The molecule has 0 aromatic carbocycles. The minimum absolute atomic E-state index is 0.0542. The van der Waals surface area contributed by atoms with Gasteiger partial charge in [0.05, 0.1) is 10.7 Å². The molecule has 0 saturated heterocycles. The molecule has 23 heavy (non-hydrogen) atoms. The van der Waals surface area contributed by atoms with Crippen molar-refractivity contribution < 1.29 is 13.2 Å². The van der Waals surface area contributed by atoms with Crippen LogP contribution in [0.25, 0.3) is 5.82 Å². The molecule has 11 heteroatoms. The van der Waals surface area contributed by atoms with Crippen LogP contribution in [0.1, 0.15) is 17.2 Å². The van der Waals surface area contributed by atoms with E-state index in [1.165, 1.54) is 4.68 Å². The van der Waals surface area contributed by atoms with E-state index in [9.17, 15) is 13.2 Å². The lowest BCUT2D eigenvalue weighted by atomic mass is 10.4. The molecule has 0 aliphatic heterocycles. The molecule has 0 bridgehead atoms. The molecule has 3 heterocycles. The second-order valence-electron chi connectivity index (χ2n) is 4.64. The molecule has 0 aliphatic rings. The van der Waals surface area contributed by atoms with Gasteiger partial charge in [0.15, 0.2) is 5.82 Å². The number of halogens is 4. The summed E-state index contributed by atoms with van der Waals surface area (Å²) < 4.78 is 38.9. The van der Waals surface area contributed by atoms with Gasteiger partial charge < -0.3 is 0 Å². The van der Waals surface area contributed by atoms with E-state index in [0.717, 1.165) is 10.5 Å². The van der Waals surface area contributed by atoms with Crippen molar-refractivity contribution in [1.29, 1.82) is 0 Å². The summed E-state index contributed by atoms with van der Waals surface area (Å²) in [6, 6.07) is 5.03. The molecule has 0 N–H and O–H groups in total. The minimum atomic E-state index is -4.63. The first-order valence-corrected chi connectivity index (χ1v) is 6.74. The standard InChI is InChI=1S/C12H9ClF3N7/c1-7-5-8(6-22-20-11(18-21-22)12(14,15)16)19-23(7)10-9(13)3-2-4-17-10/h2-5H,6H2,1H3. The fourth-order valence-corrected chi connectivity index (χ4v) is 2.13. The summed E-state index contributed by atoms with van der Waals surface area (Å²) >= 11 is 6.07. The van der Waals surface area contributed by atoms with Gasteiger partial charge in [-0.3, -0.25) is 0 Å². The van der Waals surface area contributed by atoms with Gasteiger partial charge in [-0.15, -0.1) is 10.2 Å². The number of hydrogen-bond donors (Lipinski definition) is 0. The average molecular weight is 344 g/mol. The zero-order valence-electron chi connectivity index (χ0n) is 11.7. The summed E-state index contributed by atoms with van der Waals surface area (Å²) in [5.74, 6) is -0.859. The van der Waals surface area contributed by atoms with Gasteiger partial charge in [-0.2, -0.15) is 23.1 Å². The van der Waals surface area contributed by atoms with Crippen LogP contribution in [0.2, 0.25) is 5.02 Å². The summed E-state index contributed by atoms with van der Waals surface area (Å²) in [5.41, 5.74) is 1.17. The van der Waals surface area contributed by atoms with Crippen molar-refractivity contribution in [2.75, 3.05) is 0 Å². The Labute approximate surface area is 132 Å². The molecule has 3 aromatic rings. The molecule has 0 spiro atoms. The van der Waals surface area contributed by atoms with Gasteiger partial charge in [-0.25, -0.2) is 9.67 Å². The maximum absolute atomic E-state index is 12.5. The quantitative estimate of drug-likeness (QED) is 0.729. The SMILES string of the molecule is Cc1cc(Cn2nnc(C(F)(F)F)n2)nn1-c1ncccc1Cl. The third kappa shape index (κ3) is 3.16. The van der Waals surface area contributed by atoms with Gasteiger partial charge in [0, 0.05) is 11.9 Å². The highest BCUT2D eigenvalue weighted by Gasteiger charge is 2.36. The van der Waals surface area contributed by atoms with E-state index >= 15 is 0 Å². The molecular weight excluding hydrogens is 335 g/mol. The summed E-state index contributed by atoms with van der Waals surface area (Å²) in [7, 11) is 0. The predicted molar refractivity (Wildman–Crippen MR) is 73.0 cm³/mol. The second-order valence-corrected chi connectivity index (χ2v) is 5.05. The third-order valence-corrected chi connectivity index (χ3v) is 3.18. The predicted octanol–water partition coefficient (Wildman–Crippen LogP) is 2.28. The lowest BCUT2D eigenvalue weighted by Gasteiger charge is -2.04. The van der Waals surface area contributed by atoms with E-state index in [0.29, 0.717) is 16.5 Å². The van der Waals surface area contributed by atoms with Gasteiger partial charge in [0.2, 0.25) is 0 Å². The zero-order chi connectivity index (χ0) is 16.6. The summed E-state index contributed by atoms with van der Waals surface area (Å²) in [5, 5.41) is 14.3. The molecular formula is C12H9ClF3N7. The first kappa shape index (κ1) is 15.4. The van der Waals surface area contributed by atoms with Crippen LogP contribution in [0.5, 0.6) is 0 Å². The van der Waals surface area contributed by atoms with Crippen molar-refractivity contribution in [3.63, 3.8) is 0 Å². The van der Waals surface area contributed by atoms with E-state index in [1.54, 1.807) is 31.3 Å². The van der Waals surface area contributed by atoms with Crippen molar-refractivity contribution in [3.05, 3.63) is 46.6 Å². The molecule has 3 rings (SSSR count). The number of alkyl halides is 3. The Kier molecular flexibility index (Phi) is 3.76. The molecule has 0 fully saturated rings. The van der Waals surface area contributed by atoms with Crippen molar-refractivity contribution in [1.82, 2.24) is 35.0 Å². The molecule has 0 atom stereocenters. The maximum Gasteiger partial charge on any atom is 0.455 e. The fourth-order valence-electron chi connectivity index (χ4n) is 1.93. The van der Waals surface area contributed by atoms with Crippen LogP contribution in [0, 0.1) is 6.92 Å². The normalized spacial score (nSPS) is 11.9. The van der Waals surface area contributed by atoms with E-state index in [1.807, 2.05) is 0 Å². The lowest BCUT2D eigenvalue weighted by Crippen LogP contribution is -2.10. The second kappa shape index (κ2) is 5.61. The van der Waals surface area contributed by atoms with Gasteiger partial charge in [-0.05, 0) is 30.3 Å². The first-order chi connectivity index (χ1) is 10.8. The van der Waals surface area contributed by atoms with E-state index in [4.69, 9.17) is 11.6 Å². The van der Waals surface area contributed by atoms with Crippen molar-refractivity contribution in [2.45, 2.75) is 19.6 Å². The van der Waals surface area contributed by atoms with Crippen molar-refractivity contribution >= 4 is 11.6 Å². The van der Waals surface area contributed by atoms with Crippen LogP contribution < -0.4 is 0 Å². The van der Waals surface area contributed by atoms with Crippen LogP contribution in [0.3, 0.4) is 0 Å².